The normalized spacial score (nSPS) is 13.1. The van der Waals surface area contributed by atoms with Crippen molar-refractivity contribution in [2.75, 3.05) is 6.26 Å². The highest BCUT2D eigenvalue weighted by molar-refractivity contribution is 9.10. The lowest BCUT2D eigenvalue weighted by Gasteiger charge is -2.10. The minimum Gasteiger partial charge on any atom is -0.324 e. The molecule has 0 saturated heterocycles. The van der Waals surface area contributed by atoms with E-state index < -0.39 is 9.84 Å². The minimum atomic E-state index is -3.15. The van der Waals surface area contributed by atoms with E-state index in [1.54, 1.807) is 23.9 Å². The third-order valence-electron chi connectivity index (χ3n) is 2.96. The summed E-state index contributed by atoms with van der Waals surface area (Å²) in [6, 6.07) is 12.9. The molecule has 0 bridgehead atoms. The minimum absolute atomic E-state index is 0.00519. The van der Waals surface area contributed by atoms with Crippen molar-refractivity contribution < 1.29 is 8.42 Å². The van der Waals surface area contributed by atoms with Gasteiger partial charge in [-0.3, -0.25) is 0 Å². The lowest BCUT2D eigenvalue weighted by Crippen LogP contribution is -2.04. The second-order valence-corrected chi connectivity index (χ2v) is 8.81. The summed E-state index contributed by atoms with van der Waals surface area (Å²) in [6.07, 6.45) is 1.21. The number of rotatable bonds is 4. The number of hydrogen-bond donors (Lipinski definition) is 1. The van der Waals surface area contributed by atoms with Crippen LogP contribution in [0, 0.1) is 0 Å². The van der Waals surface area contributed by atoms with Gasteiger partial charge in [0.05, 0.1) is 4.90 Å². The lowest BCUT2D eigenvalue weighted by atomic mass is 10.1. The molecule has 0 aliphatic rings. The zero-order chi connectivity index (χ0) is 15.6. The fourth-order valence-electron chi connectivity index (χ4n) is 1.76. The Labute approximate surface area is 138 Å². The van der Waals surface area contributed by atoms with E-state index in [9.17, 15) is 8.42 Å². The Morgan fingerprint density at radius 3 is 2.24 bits per heavy atom. The lowest BCUT2D eigenvalue weighted by molar-refractivity contribution is 0.602. The first-order valence-corrected chi connectivity index (χ1v) is 9.80. The molecular weight excluding hydrogens is 370 g/mol. The molecule has 0 heterocycles. The summed E-state index contributed by atoms with van der Waals surface area (Å²) in [5.41, 5.74) is 6.93. The maximum Gasteiger partial charge on any atom is 0.175 e. The van der Waals surface area contributed by atoms with E-state index in [1.807, 2.05) is 37.3 Å². The molecule has 3 nitrogen and oxygen atoms in total. The van der Waals surface area contributed by atoms with Crippen LogP contribution in [0.25, 0.3) is 0 Å². The molecule has 0 saturated carbocycles. The smallest absolute Gasteiger partial charge is 0.175 e. The summed E-state index contributed by atoms with van der Waals surface area (Å²) >= 11 is 5.12. The Morgan fingerprint density at radius 2 is 1.76 bits per heavy atom. The number of nitrogens with two attached hydrogens (primary N) is 1. The van der Waals surface area contributed by atoms with Crippen molar-refractivity contribution >= 4 is 37.5 Å². The van der Waals surface area contributed by atoms with Gasteiger partial charge in [-0.05, 0) is 64.8 Å². The van der Waals surface area contributed by atoms with Gasteiger partial charge < -0.3 is 5.73 Å². The fraction of sp³-hybridized carbons (Fsp3) is 0.200. The summed E-state index contributed by atoms with van der Waals surface area (Å²) in [6.45, 7) is 1.94. The quantitative estimate of drug-likeness (QED) is 0.862. The first-order valence-electron chi connectivity index (χ1n) is 6.30. The molecule has 0 spiro atoms. The van der Waals surface area contributed by atoms with Crippen LogP contribution in [0.1, 0.15) is 18.5 Å². The van der Waals surface area contributed by atoms with E-state index in [4.69, 9.17) is 5.73 Å². The Hall–Kier alpha value is -0.820. The number of halogens is 1. The van der Waals surface area contributed by atoms with Crippen LogP contribution in [0.2, 0.25) is 0 Å². The van der Waals surface area contributed by atoms with Gasteiger partial charge in [-0.15, -0.1) is 0 Å². The van der Waals surface area contributed by atoms with Crippen LogP contribution in [0.15, 0.2) is 61.6 Å². The van der Waals surface area contributed by atoms with Crippen molar-refractivity contribution in [1.82, 2.24) is 0 Å². The standard InChI is InChI=1S/C15H16BrNO2S2/c1-10(17)11-3-8-15(14(16)9-11)20-12-4-6-13(7-5-12)21(2,18)19/h3-10H,17H2,1-2H3. The molecule has 6 heteroatoms. The summed E-state index contributed by atoms with van der Waals surface area (Å²) in [4.78, 5) is 2.38. The molecular formula is C15H16BrNO2S2. The highest BCUT2D eigenvalue weighted by atomic mass is 79.9. The Morgan fingerprint density at radius 1 is 1.14 bits per heavy atom. The highest BCUT2D eigenvalue weighted by Gasteiger charge is 2.09. The van der Waals surface area contributed by atoms with E-state index in [1.165, 1.54) is 6.26 Å². The Kier molecular flexibility index (Phi) is 5.14. The largest absolute Gasteiger partial charge is 0.324 e. The van der Waals surface area contributed by atoms with Gasteiger partial charge in [0.15, 0.2) is 9.84 Å². The second kappa shape index (κ2) is 6.52. The maximum atomic E-state index is 11.4. The number of benzene rings is 2. The van der Waals surface area contributed by atoms with Crippen molar-refractivity contribution in [3.8, 4) is 0 Å². The zero-order valence-corrected chi connectivity index (χ0v) is 14.9. The Balaban J connectivity index is 2.22. The zero-order valence-electron chi connectivity index (χ0n) is 11.7. The molecule has 1 atom stereocenters. The van der Waals surface area contributed by atoms with Crippen LogP contribution < -0.4 is 5.73 Å². The Bertz CT molecular complexity index is 741. The van der Waals surface area contributed by atoms with Gasteiger partial charge in [-0.2, -0.15) is 0 Å². The topological polar surface area (TPSA) is 60.2 Å². The molecule has 2 rings (SSSR count). The average Bonchev–Trinajstić information content (AvgIpc) is 2.40. The summed E-state index contributed by atoms with van der Waals surface area (Å²) < 4.78 is 23.8. The van der Waals surface area contributed by atoms with Crippen LogP contribution in [-0.2, 0) is 9.84 Å². The first kappa shape index (κ1) is 16.5. The van der Waals surface area contributed by atoms with Gasteiger partial charge in [0.2, 0.25) is 0 Å². The van der Waals surface area contributed by atoms with E-state index >= 15 is 0 Å². The van der Waals surface area contributed by atoms with E-state index in [0.717, 1.165) is 19.8 Å². The van der Waals surface area contributed by atoms with Gasteiger partial charge in [-0.1, -0.05) is 17.8 Å². The molecule has 0 fully saturated rings. The van der Waals surface area contributed by atoms with Crippen LogP contribution in [-0.4, -0.2) is 14.7 Å². The molecule has 0 aliphatic heterocycles. The molecule has 0 aliphatic carbocycles. The van der Waals surface area contributed by atoms with Crippen molar-refractivity contribution in [3.63, 3.8) is 0 Å². The molecule has 0 aromatic heterocycles. The van der Waals surface area contributed by atoms with Gasteiger partial charge >= 0.3 is 0 Å². The SMILES string of the molecule is CC(N)c1ccc(Sc2ccc(S(C)(=O)=O)cc2)c(Br)c1. The molecule has 2 aromatic rings. The van der Waals surface area contributed by atoms with Crippen LogP contribution in [0.5, 0.6) is 0 Å². The van der Waals surface area contributed by atoms with Crippen LogP contribution in [0.3, 0.4) is 0 Å². The van der Waals surface area contributed by atoms with Crippen molar-refractivity contribution in [1.29, 1.82) is 0 Å². The summed E-state index contributed by atoms with van der Waals surface area (Å²) in [7, 11) is -3.15. The molecule has 112 valence electrons. The van der Waals surface area contributed by atoms with Gasteiger partial charge in [0.25, 0.3) is 0 Å². The molecule has 0 radical (unpaired) electrons. The van der Waals surface area contributed by atoms with Crippen molar-refractivity contribution in [3.05, 3.63) is 52.5 Å². The van der Waals surface area contributed by atoms with E-state index in [-0.39, 0.29) is 6.04 Å². The molecule has 21 heavy (non-hydrogen) atoms. The average molecular weight is 386 g/mol. The maximum absolute atomic E-state index is 11.4. The van der Waals surface area contributed by atoms with E-state index in [0.29, 0.717) is 4.90 Å². The number of sulfone groups is 1. The van der Waals surface area contributed by atoms with Crippen molar-refractivity contribution in [2.45, 2.75) is 27.7 Å². The molecule has 2 aromatic carbocycles. The third-order valence-corrected chi connectivity index (χ3v) is 6.09. The van der Waals surface area contributed by atoms with Crippen LogP contribution in [0.4, 0.5) is 0 Å². The summed E-state index contributed by atoms with van der Waals surface area (Å²) in [5, 5.41) is 0. The summed E-state index contributed by atoms with van der Waals surface area (Å²) in [5.74, 6) is 0. The highest BCUT2D eigenvalue weighted by Crippen LogP contribution is 2.35. The first-order chi connectivity index (χ1) is 9.77. The van der Waals surface area contributed by atoms with Gasteiger partial charge in [-0.25, -0.2) is 8.42 Å². The van der Waals surface area contributed by atoms with Crippen molar-refractivity contribution in [2.24, 2.45) is 5.73 Å². The number of hydrogen-bond acceptors (Lipinski definition) is 4. The van der Waals surface area contributed by atoms with Crippen LogP contribution >= 0.6 is 27.7 Å². The molecule has 0 amide bonds. The van der Waals surface area contributed by atoms with E-state index in [2.05, 4.69) is 15.9 Å². The second-order valence-electron chi connectivity index (χ2n) is 4.82. The van der Waals surface area contributed by atoms with Gasteiger partial charge in [0, 0.05) is 26.6 Å². The predicted molar refractivity (Wildman–Crippen MR) is 90.4 cm³/mol. The predicted octanol–water partition coefficient (Wildman–Crippen LogP) is 4.02. The third kappa shape index (κ3) is 4.32. The fourth-order valence-corrected chi connectivity index (χ4v) is 3.85. The van der Waals surface area contributed by atoms with Gasteiger partial charge in [0.1, 0.15) is 0 Å². The molecule has 2 N–H and O–H groups in total. The monoisotopic (exact) mass is 385 g/mol. The molecule has 1 unspecified atom stereocenters.